The van der Waals surface area contributed by atoms with Gasteiger partial charge in [-0.05, 0) is 12.1 Å². The lowest BCUT2D eigenvalue weighted by atomic mass is 10.3. The van der Waals surface area contributed by atoms with Gasteiger partial charge in [-0.1, -0.05) is 23.7 Å². The molecule has 1 aromatic carbocycles. The Bertz CT molecular complexity index is 313. The van der Waals surface area contributed by atoms with Crippen LogP contribution >= 0.6 is 11.6 Å². The first kappa shape index (κ1) is 8.36. The van der Waals surface area contributed by atoms with Crippen LogP contribution in [0.3, 0.4) is 0 Å². The van der Waals surface area contributed by atoms with Crippen LogP contribution in [0.5, 0.6) is 5.75 Å². The summed E-state index contributed by atoms with van der Waals surface area (Å²) in [6, 6.07) is 6.36. The standard InChI is InChI=1S/C6H5ClO3S/c7-5-3-1-2-4-6(5)10-11(8)9/h1-4,11H. The third-order valence-corrected chi connectivity index (χ3v) is 1.67. The second-order valence-electron chi connectivity index (χ2n) is 1.75. The smallest absolute Gasteiger partial charge is 0.299 e. The molecule has 3 nitrogen and oxygen atoms in total. The van der Waals surface area contributed by atoms with Gasteiger partial charge in [-0.2, -0.15) is 8.42 Å². The van der Waals surface area contributed by atoms with Gasteiger partial charge in [-0.25, -0.2) is 0 Å². The van der Waals surface area contributed by atoms with Gasteiger partial charge < -0.3 is 4.18 Å². The van der Waals surface area contributed by atoms with Gasteiger partial charge in [0.1, 0.15) is 0 Å². The van der Waals surface area contributed by atoms with Crippen molar-refractivity contribution in [3.05, 3.63) is 29.3 Å². The van der Waals surface area contributed by atoms with E-state index >= 15 is 0 Å². The third-order valence-electron chi connectivity index (χ3n) is 1.01. The summed E-state index contributed by atoms with van der Waals surface area (Å²) >= 11 is 5.58. The lowest BCUT2D eigenvalue weighted by Crippen LogP contribution is -1.89. The average Bonchev–Trinajstić information content (AvgIpc) is 1.93. The molecule has 60 valence electrons. The Morgan fingerprint density at radius 1 is 1.27 bits per heavy atom. The number of hydrogen-bond acceptors (Lipinski definition) is 3. The Morgan fingerprint density at radius 3 is 2.45 bits per heavy atom. The largest absolute Gasteiger partial charge is 0.383 e. The van der Waals surface area contributed by atoms with Gasteiger partial charge in [-0.3, -0.25) is 0 Å². The first-order chi connectivity index (χ1) is 5.20. The minimum atomic E-state index is -2.88. The monoisotopic (exact) mass is 192 g/mol. The summed E-state index contributed by atoms with van der Waals surface area (Å²) in [6.07, 6.45) is 0. The van der Waals surface area contributed by atoms with Crippen LogP contribution in [-0.4, -0.2) is 8.42 Å². The molecule has 0 aliphatic rings. The molecule has 0 aliphatic heterocycles. The van der Waals surface area contributed by atoms with Crippen molar-refractivity contribution in [2.24, 2.45) is 0 Å². The van der Waals surface area contributed by atoms with Crippen LogP contribution in [0, 0.1) is 0 Å². The number of benzene rings is 1. The Kier molecular flexibility index (Phi) is 2.73. The fraction of sp³-hybridized carbons (Fsp3) is 0. The Hall–Kier alpha value is -0.740. The summed E-state index contributed by atoms with van der Waals surface area (Å²) in [4.78, 5) is 0. The molecule has 0 aliphatic carbocycles. The number of thiol groups is 1. The fourth-order valence-corrected chi connectivity index (χ4v) is 1.15. The van der Waals surface area contributed by atoms with Crippen LogP contribution in [0.25, 0.3) is 0 Å². The van der Waals surface area contributed by atoms with Crippen LogP contribution in [-0.2, 0) is 11.0 Å². The van der Waals surface area contributed by atoms with Gasteiger partial charge in [0.2, 0.25) is 0 Å². The number of halogens is 1. The maximum atomic E-state index is 10.1. The van der Waals surface area contributed by atoms with Crippen LogP contribution < -0.4 is 4.18 Å². The van der Waals surface area contributed by atoms with E-state index in [1.165, 1.54) is 6.07 Å². The molecule has 0 heterocycles. The van der Waals surface area contributed by atoms with Gasteiger partial charge in [-0.15, -0.1) is 0 Å². The quantitative estimate of drug-likeness (QED) is 0.718. The van der Waals surface area contributed by atoms with Crippen LogP contribution in [0.4, 0.5) is 0 Å². The minimum absolute atomic E-state index is 0.158. The highest BCUT2D eigenvalue weighted by Gasteiger charge is 1.98. The van der Waals surface area contributed by atoms with E-state index in [1.807, 2.05) is 0 Å². The fourth-order valence-electron chi connectivity index (χ4n) is 0.599. The zero-order valence-corrected chi connectivity index (χ0v) is 7.01. The van der Waals surface area contributed by atoms with E-state index in [9.17, 15) is 8.42 Å². The van der Waals surface area contributed by atoms with Crippen molar-refractivity contribution in [3.63, 3.8) is 0 Å². The van der Waals surface area contributed by atoms with Crippen molar-refractivity contribution < 1.29 is 12.6 Å². The highest BCUT2D eigenvalue weighted by molar-refractivity contribution is 7.67. The van der Waals surface area contributed by atoms with E-state index in [2.05, 4.69) is 4.18 Å². The molecule has 0 spiro atoms. The lowest BCUT2D eigenvalue weighted by Gasteiger charge is -1.97. The molecular formula is C6H5ClO3S. The maximum absolute atomic E-state index is 10.1. The van der Waals surface area contributed by atoms with E-state index in [0.29, 0.717) is 0 Å². The van der Waals surface area contributed by atoms with Gasteiger partial charge in [0, 0.05) is 0 Å². The molecule has 0 amide bonds. The molecule has 0 aromatic heterocycles. The number of rotatable bonds is 2. The molecule has 0 N–H and O–H groups in total. The summed E-state index contributed by atoms with van der Waals surface area (Å²) in [5.74, 6) is 0.158. The topological polar surface area (TPSA) is 43.4 Å². The molecular weight excluding hydrogens is 188 g/mol. The van der Waals surface area contributed by atoms with E-state index in [4.69, 9.17) is 11.6 Å². The first-order valence-corrected chi connectivity index (χ1v) is 4.24. The summed E-state index contributed by atoms with van der Waals surface area (Å²) in [6.45, 7) is 0. The second-order valence-corrected chi connectivity index (χ2v) is 2.78. The van der Waals surface area contributed by atoms with Crippen molar-refractivity contribution in [1.82, 2.24) is 0 Å². The van der Waals surface area contributed by atoms with Crippen molar-refractivity contribution in [2.45, 2.75) is 0 Å². The molecule has 1 rings (SSSR count). The molecule has 11 heavy (non-hydrogen) atoms. The minimum Gasteiger partial charge on any atom is -0.383 e. The van der Waals surface area contributed by atoms with Gasteiger partial charge >= 0.3 is 0 Å². The first-order valence-electron chi connectivity index (χ1n) is 2.77. The predicted molar refractivity (Wildman–Crippen MR) is 42.4 cm³/mol. The average molecular weight is 193 g/mol. The summed E-state index contributed by atoms with van der Waals surface area (Å²) in [5, 5.41) is 0.284. The Labute approximate surface area is 70.7 Å². The molecule has 0 saturated heterocycles. The predicted octanol–water partition coefficient (Wildman–Crippen LogP) is 1.25. The molecule has 0 fully saturated rings. The molecule has 0 atom stereocenters. The van der Waals surface area contributed by atoms with E-state index in [-0.39, 0.29) is 10.8 Å². The number of hydrogen-bond donors (Lipinski definition) is 1. The third kappa shape index (κ3) is 2.40. The van der Waals surface area contributed by atoms with Gasteiger partial charge in [0.25, 0.3) is 11.0 Å². The zero-order valence-electron chi connectivity index (χ0n) is 5.36. The molecule has 0 bridgehead atoms. The van der Waals surface area contributed by atoms with Gasteiger partial charge in [0.05, 0.1) is 5.02 Å². The van der Waals surface area contributed by atoms with E-state index in [1.54, 1.807) is 18.2 Å². The van der Waals surface area contributed by atoms with Crippen LogP contribution in [0.15, 0.2) is 24.3 Å². The zero-order chi connectivity index (χ0) is 8.27. The molecule has 1 aromatic rings. The van der Waals surface area contributed by atoms with Crippen molar-refractivity contribution in [1.29, 1.82) is 0 Å². The summed E-state index contributed by atoms with van der Waals surface area (Å²) in [5.41, 5.74) is 0. The number of para-hydroxylation sites is 1. The van der Waals surface area contributed by atoms with Gasteiger partial charge in [0.15, 0.2) is 5.75 Å². The lowest BCUT2D eigenvalue weighted by molar-refractivity contribution is 0.511. The molecule has 0 unspecified atom stereocenters. The Balaban J connectivity index is 2.94. The Morgan fingerprint density at radius 2 is 1.91 bits per heavy atom. The van der Waals surface area contributed by atoms with Crippen molar-refractivity contribution in [3.8, 4) is 5.75 Å². The maximum Gasteiger partial charge on any atom is 0.299 e. The van der Waals surface area contributed by atoms with Crippen LogP contribution in [0.1, 0.15) is 0 Å². The summed E-state index contributed by atoms with van der Waals surface area (Å²) < 4.78 is 24.5. The molecule has 0 radical (unpaired) electrons. The molecule has 0 saturated carbocycles. The van der Waals surface area contributed by atoms with Crippen molar-refractivity contribution >= 4 is 22.6 Å². The highest BCUT2D eigenvalue weighted by Crippen LogP contribution is 2.22. The highest BCUT2D eigenvalue weighted by atomic mass is 35.5. The SMILES string of the molecule is O=[SH](=O)Oc1ccccc1Cl. The van der Waals surface area contributed by atoms with Crippen LogP contribution in [0.2, 0.25) is 5.02 Å². The van der Waals surface area contributed by atoms with Crippen molar-refractivity contribution in [2.75, 3.05) is 0 Å². The molecule has 5 heteroatoms. The van der Waals surface area contributed by atoms with E-state index in [0.717, 1.165) is 0 Å². The second kappa shape index (κ2) is 3.59. The normalized spacial score (nSPS) is 10.0. The van der Waals surface area contributed by atoms with E-state index < -0.39 is 11.0 Å². The summed E-state index contributed by atoms with van der Waals surface area (Å²) in [7, 11) is -2.88.